The predicted molar refractivity (Wildman–Crippen MR) is 56.2 cm³/mol. The van der Waals surface area contributed by atoms with E-state index in [1.54, 1.807) is 6.07 Å². The Morgan fingerprint density at radius 3 is 2.67 bits per heavy atom. The number of nitrogens with zero attached hydrogens (tertiary/aromatic N) is 1. The molecule has 82 valence electrons. The normalized spacial score (nSPS) is 13.5. The zero-order chi connectivity index (χ0) is 10.8. The van der Waals surface area contributed by atoms with Gasteiger partial charge in [-0.25, -0.2) is 0 Å². The lowest BCUT2D eigenvalue weighted by Gasteiger charge is -2.15. The summed E-state index contributed by atoms with van der Waals surface area (Å²) in [7, 11) is 2.00. The third kappa shape index (κ3) is 1.99. The number of hydrogen-bond donors (Lipinski definition) is 1. The van der Waals surface area contributed by atoms with Crippen LogP contribution in [0.25, 0.3) is 0 Å². The summed E-state index contributed by atoms with van der Waals surface area (Å²) in [4.78, 5) is 2.11. The van der Waals surface area contributed by atoms with Crippen molar-refractivity contribution in [1.29, 1.82) is 0 Å². The van der Waals surface area contributed by atoms with Crippen molar-refractivity contribution in [3.8, 4) is 17.2 Å². The molecule has 0 amide bonds. The minimum Gasteiger partial charge on any atom is -0.507 e. The van der Waals surface area contributed by atoms with Crippen LogP contribution in [0.2, 0.25) is 0 Å². The van der Waals surface area contributed by atoms with E-state index < -0.39 is 0 Å². The van der Waals surface area contributed by atoms with Crippen molar-refractivity contribution in [2.24, 2.45) is 0 Å². The van der Waals surface area contributed by atoms with Gasteiger partial charge in [-0.3, -0.25) is 0 Å². The van der Waals surface area contributed by atoms with E-state index >= 15 is 0 Å². The molecule has 1 N–H and O–H groups in total. The molecule has 0 atom stereocenters. The molecule has 1 aromatic carbocycles. The second-order valence-corrected chi connectivity index (χ2v) is 3.66. The molecule has 4 heteroatoms. The highest BCUT2D eigenvalue weighted by Gasteiger charge is 2.17. The molecule has 0 aromatic heterocycles. The number of fused-ring (bicyclic) bond motifs is 1. The first-order chi connectivity index (χ1) is 7.20. The van der Waals surface area contributed by atoms with Crippen molar-refractivity contribution >= 4 is 0 Å². The first kappa shape index (κ1) is 10.1. The Hall–Kier alpha value is -1.42. The molecule has 15 heavy (non-hydrogen) atoms. The number of phenolic OH excluding ortho intramolecular Hbond substituents is 1. The van der Waals surface area contributed by atoms with E-state index in [2.05, 4.69) is 11.8 Å². The second kappa shape index (κ2) is 3.98. The number of ether oxygens (including phenoxy) is 2. The van der Waals surface area contributed by atoms with Gasteiger partial charge in [0.05, 0.1) is 0 Å². The Bertz CT molecular complexity index is 365. The van der Waals surface area contributed by atoms with Crippen LogP contribution in [-0.4, -0.2) is 30.4 Å². The van der Waals surface area contributed by atoms with Gasteiger partial charge in [0.25, 0.3) is 0 Å². The molecule has 1 aliphatic heterocycles. The zero-order valence-electron chi connectivity index (χ0n) is 8.99. The fourth-order valence-electron chi connectivity index (χ4n) is 1.50. The van der Waals surface area contributed by atoms with Crippen LogP contribution in [0, 0.1) is 0 Å². The van der Waals surface area contributed by atoms with Crippen molar-refractivity contribution in [3.63, 3.8) is 0 Å². The van der Waals surface area contributed by atoms with Crippen LogP contribution in [-0.2, 0) is 6.54 Å². The monoisotopic (exact) mass is 209 g/mol. The molecule has 4 nitrogen and oxygen atoms in total. The third-order valence-electron chi connectivity index (χ3n) is 2.55. The van der Waals surface area contributed by atoms with E-state index in [0.717, 1.165) is 12.1 Å². The first-order valence-corrected chi connectivity index (χ1v) is 5.00. The van der Waals surface area contributed by atoms with Gasteiger partial charge in [0, 0.05) is 18.2 Å². The summed E-state index contributed by atoms with van der Waals surface area (Å²) >= 11 is 0. The Balaban J connectivity index is 2.24. The molecule has 1 aromatic rings. The summed E-state index contributed by atoms with van der Waals surface area (Å²) < 4.78 is 10.4. The van der Waals surface area contributed by atoms with Crippen molar-refractivity contribution in [3.05, 3.63) is 17.7 Å². The molecule has 0 spiro atoms. The number of benzene rings is 1. The lowest BCUT2D eigenvalue weighted by Crippen LogP contribution is -2.16. The van der Waals surface area contributed by atoms with Crippen LogP contribution in [0.4, 0.5) is 0 Å². The fraction of sp³-hybridized carbons (Fsp3) is 0.455. The maximum atomic E-state index is 9.76. The molecule has 0 aliphatic carbocycles. The summed E-state index contributed by atoms with van der Waals surface area (Å²) in [5, 5.41) is 9.76. The van der Waals surface area contributed by atoms with Gasteiger partial charge >= 0.3 is 0 Å². The Kier molecular flexibility index (Phi) is 2.68. The summed E-state index contributed by atoms with van der Waals surface area (Å²) in [6, 6.07) is 3.45. The fourth-order valence-corrected chi connectivity index (χ4v) is 1.50. The second-order valence-electron chi connectivity index (χ2n) is 3.66. The predicted octanol–water partition coefficient (Wildman–Crippen LogP) is 1.57. The molecular formula is C11H15NO3. The average Bonchev–Trinajstić information content (AvgIpc) is 2.65. The van der Waals surface area contributed by atoms with Crippen molar-refractivity contribution < 1.29 is 14.6 Å². The lowest BCUT2D eigenvalue weighted by molar-refractivity contribution is 0.174. The molecule has 1 aliphatic rings. The topological polar surface area (TPSA) is 41.9 Å². The molecule has 0 radical (unpaired) electrons. The standard InChI is InChI=1S/C11H15NO3/c1-3-12(2)6-8-4-10-11(5-9(8)13)15-7-14-10/h4-5,13H,3,6-7H2,1-2H3. The molecule has 1 heterocycles. The third-order valence-corrected chi connectivity index (χ3v) is 2.55. The molecular weight excluding hydrogens is 194 g/mol. The van der Waals surface area contributed by atoms with Gasteiger partial charge in [0.1, 0.15) is 5.75 Å². The number of phenols is 1. The van der Waals surface area contributed by atoms with Gasteiger partial charge in [-0.05, 0) is 19.7 Å². The highest BCUT2D eigenvalue weighted by atomic mass is 16.7. The summed E-state index contributed by atoms with van der Waals surface area (Å²) in [5.41, 5.74) is 0.864. The molecule has 0 bridgehead atoms. The average molecular weight is 209 g/mol. The van der Waals surface area contributed by atoms with Gasteiger partial charge in [-0.15, -0.1) is 0 Å². The van der Waals surface area contributed by atoms with Crippen molar-refractivity contribution in [2.75, 3.05) is 20.4 Å². The van der Waals surface area contributed by atoms with Crippen LogP contribution >= 0.6 is 0 Å². The van der Waals surface area contributed by atoms with Crippen molar-refractivity contribution in [1.82, 2.24) is 4.90 Å². The highest BCUT2D eigenvalue weighted by molar-refractivity contribution is 5.51. The maximum absolute atomic E-state index is 9.76. The van der Waals surface area contributed by atoms with Crippen LogP contribution in [0.3, 0.4) is 0 Å². The van der Waals surface area contributed by atoms with Gasteiger partial charge in [0.15, 0.2) is 11.5 Å². The largest absolute Gasteiger partial charge is 0.507 e. The number of rotatable bonds is 3. The Morgan fingerprint density at radius 2 is 2.00 bits per heavy atom. The SMILES string of the molecule is CCN(C)Cc1cc2c(cc1O)OCO2. The number of hydrogen-bond acceptors (Lipinski definition) is 4. The van der Waals surface area contributed by atoms with E-state index in [0.29, 0.717) is 18.0 Å². The summed E-state index contributed by atoms with van der Waals surface area (Å²) in [5.74, 6) is 1.60. The maximum Gasteiger partial charge on any atom is 0.231 e. The van der Waals surface area contributed by atoms with Crippen molar-refractivity contribution in [2.45, 2.75) is 13.5 Å². The van der Waals surface area contributed by atoms with Crippen LogP contribution in [0.15, 0.2) is 12.1 Å². The van der Waals surface area contributed by atoms with Crippen LogP contribution < -0.4 is 9.47 Å². The molecule has 0 saturated heterocycles. The molecule has 0 saturated carbocycles. The van der Waals surface area contributed by atoms with E-state index in [1.165, 1.54) is 0 Å². The smallest absolute Gasteiger partial charge is 0.231 e. The summed E-state index contributed by atoms with van der Waals surface area (Å²) in [6.45, 7) is 3.96. The number of aromatic hydroxyl groups is 1. The minimum atomic E-state index is 0.238. The molecule has 0 unspecified atom stereocenters. The quantitative estimate of drug-likeness (QED) is 0.820. The van der Waals surface area contributed by atoms with Gasteiger partial charge in [0.2, 0.25) is 6.79 Å². The molecule has 2 rings (SSSR count). The minimum absolute atomic E-state index is 0.238. The van der Waals surface area contributed by atoms with Gasteiger partial charge in [-0.1, -0.05) is 6.92 Å². The summed E-state index contributed by atoms with van der Waals surface area (Å²) in [6.07, 6.45) is 0. The van der Waals surface area contributed by atoms with E-state index in [-0.39, 0.29) is 12.5 Å². The van der Waals surface area contributed by atoms with E-state index in [4.69, 9.17) is 9.47 Å². The Labute approximate surface area is 89.0 Å². The van der Waals surface area contributed by atoms with Crippen LogP contribution in [0.5, 0.6) is 17.2 Å². The first-order valence-electron chi connectivity index (χ1n) is 5.00. The van der Waals surface area contributed by atoms with Gasteiger partial charge < -0.3 is 19.5 Å². The highest BCUT2D eigenvalue weighted by Crippen LogP contribution is 2.37. The van der Waals surface area contributed by atoms with Gasteiger partial charge in [-0.2, -0.15) is 0 Å². The van der Waals surface area contributed by atoms with E-state index in [1.807, 2.05) is 13.1 Å². The molecule has 0 fully saturated rings. The lowest BCUT2D eigenvalue weighted by atomic mass is 10.1. The Morgan fingerprint density at radius 1 is 1.33 bits per heavy atom. The zero-order valence-corrected chi connectivity index (χ0v) is 8.99. The van der Waals surface area contributed by atoms with E-state index in [9.17, 15) is 5.11 Å². The van der Waals surface area contributed by atoms with Crippen LogP contribution in [0.1, 0.15) is 12.5 Å².